The van der Waals surface area contributed by atoms with Crippen LogP contribution in [0.5, 0.6) is 0 Å². The molecule has 10 aromatic rings. The van der Waals surface area contributed by atoms with E-state index < -0.39 is 20.8 Å². The van der Waals surface area contributed by atoms with E-state index in [1.54, 1.807) is 0 Å². The maximum atomic E-state index is 4.93. The van der Waals surface area contributed by atoms with Crippen molar-refractivity contribution in [2.45, 2.75) is 79.1 Å². The minimum atomic E-state index is -0.826. The van der Waals surface area contributed by atoms with Gasteiger partial charge in [-0.25, -0.2) is 0 Å². The van der Waals surface area contributed by atoms with Gasteiger partial charge in [0.2, 0.25) is 0 Å². The van der Waals surface area contributed by atoms with Gasteiger partial charge in [0.05, 0.1) is 9.52 Å². The van der Waals surface area contributed by atoms with Crippen molar-refractivity contribution in [3.8, 4) is 55.6 Å². The quantitative estimate of drug-likeness (QED) is 0.0946. The van der Waals surface area contributed by atoms with Gasteiger partial charge in [-0.05, 0) is 58.1 Å². The van der Waals surface area contributed by atoms with Crippen molar-refractivity contribution in [1.82, 2.24) is 0 Å². The Morgan fingerprint density at radius 3 is 1.31 bits per heavy atom. The van der Waals surface area contributed by atoms with E-state index in [1.165, 1.54) is 110 Å². The predicted molar refractivity (Wildman–Crippen MR) is 304 cm³/mol. The van der Waals surface area contributed by atoms with Gasteiger partial charge in [0.25, 0.3) is 0 Å². The van der Waals surface area contributed by atoms with Crippen LogP contribution in [-0.4, -0.2) is 9.52 Å². The third kappa shape index (κ3) is 11.7. The first-order valence-electron chi connectivity index (χ1n) is 24.8. The predicted octanol–water partition coefficient (Wildman–Crippen LogP) is 18.4. The molecule has 0 saturated carbocycles. The minimum absolute atomic E-state index is 0.546. The molecule has 4 heteroatoms. The van der Waals surface area contributed by atoms with E-state index >= 15 is 0 Å². The van der Waals surface area contributed by atoms with Crippen molar-refractivity contribution in [2.24, 2.45) is 0 Å². The van der Waals surface area contributed by atoms with Crippen LogP contribution in [0.15, 0.2) is 200 Å². The maximum Gasteiger partial charge on any atom is 0.0920 e. The van der Waals surface area contributed by atoms with Gasteiger partial charge in [-0.2, -0.15) is 41.6 Å². The zero-order valence-electron chi connectivity index (χ0n) is 41.3. The van der Waals surface area contributed by atoms with Crippen molar-refractivity contribution in [3.05, 3.63) is 229 Å². The number of aryl methyl sites for hydroxylation is 2. The number of hydrogen-bond donors (Lipinski definition) is 0. The molecule has 10 aromatic carbocycles. The van der Waals surface area contributed by atoms with Gasteiger partial charge in [-0.1, -0.05) is 221 Å². The van der Waals surface area contributed by atoms with Gasteiger partial charge in [-0.3, -0.25) is 0 Å². The Kier molecular flexibility index (Phi) is 18.0. The number of rotatable bonds is 10. The van der Waals surface area contributed by atoms with E-state index in [9.17, 15) is 0 Å². The monoisotopic (exact) mass is 1040 g/mol. The third-order valence-corrected chi connectivity index (χ3v) is 14.6. The first-order valence-corrected chi connectivity index (χ1v) is 32.1. The minimum Gasteiger partial charge on any atom is -0.184 e. The van der Waals surface area contributed by atoms with E-state index in [0.29, 0.717) is 11.8 Å². The van der Waals surface area contributed by atoms with Crippen molar-refractivity contribution < 1.29 is 20.8 Å². The van der Waals surface area contributed by atoms with Crippen LogP contribution < -0.4 is 10.4 Å². The number of fused-ring (bicyclic) bond motifs is 5. The topological polar surface area (TPSA) is 0 Å². The molecule has 70 heavy (non-hydrogen) atoms. The Morgan fingerprint density at radius 2 is 0.871 bits per heavy atom. The molecule has 0 atom stereocenters. The van der Waals surface area contributed by atoms with Crippen LogP contribution >= 0.6 is 17.0 Å². The largest absolute Gasteiger partial charge is 0.184 e. The summed E-state index contributed by atoms with van der Waals surface area (Å²) in [4.78, 5) is 0. The van der Waals surface area contributed by atoms with Gasteiger partial charge in [0.15, 0.2) is 0 Å². The van der Waals surface area contributed by atoms with E-state index in [4.69, 9.17) is 17.0 Å². The summed E-state index contributed by atoms with van der Waals surface area (Å²) in [6, 6.07) is 76.3. The summed E-state index contributed by atoms with van der Waals surface area (Å²) in [5.74, 6) is 1.09. The molecule has 11 rings (SSSR count). The smallest absolute Gasteiger partial charge is 0.0920 e. The van der Waals surface area contributed by atoms with Gasteiger partial charge < -0.3 is 0 Å². The molecule has 0 saturated heterocycles. The normalized spacial score (nSPS) is 11.3. The van der Waals surface area contributed by atoms with Crippen LogP contribution in [0.2, 0.25) is 0 Å². The molecule has 1 aliphatic heterocycles. The second-order valence-electron chi connectivity index (χ2n) is 18.6. The van der Waals surface area contributed by atoms with Crippen LogP contribution in [0.4, 0.5) is 0 Å². The van der Waals surface area contributed by atoms with Gasteiger partial charge in [-0.15, -0.1) is 74.6 Å². The molecule has 0 spiro atoms. The van der Waals surface area contributed by atoms with Crippen LogP contribution in [-0.2, 0) is 33.7 Å². The molecular formula is C66H61Cl2SiZr-3. The number of benzene rings is 8. The zero-order valence-corrected chi connectivity index (χ0v) is 46.3. The summed E-state index contributed by atoms with van der Waals surface area (Å²) >= 11 is -0.826. The second-order valence-corrected chi connectivity index (χ2v) is 23.6. The first-order chi connectivity index (χ1) is 34.2. The number of halogens is 2. The fourth-order valence-electron chi connectivity index (χ4n) is 9.83. The molecule has 350 valence electrons. The Labute approximate surface area is 439 Å². The van der Waals surface area contributed by atoms with Gasteiger partial charge >= 0.3 is 37.9 Å². The van der Waals surface area contributed by atoms with Crippen LogP contribution in [0.3, 0.4) is 0 Å². The average Bonchev–Trinajstić information content (AvgIpc) is 4.14. The van der Waals surface area contributed by atoms with Gasteiger partial charge in [0, 0.05) is 0 Å². The Morgan fingerprint density at radius 1 is 0.471 bits per heavy atom. The molecule has 2 radical (unpaired) electrons. The SMILES string of the molecule is CCCc1ccc2[cH-]c(C(C)C)cc2c1-c1ccccc1-c1ccccc1.CCCc1ccc2[cH-]c(C(C)C)cc2c1-c1ccccc1-c1ccccc1.[Cl][Zr][Cl].[c-]1cccc2c1[Si]c1ccccc1-2. The molecule has 0 unspecified atom stereocenters. The first kappa shape index (κ1) is 51.0. The molecule has 0 aliphatic carbocycles. The molecule has 1 aliphatic rings. The van der Waals surface area contributed by atoms with E-state index in [2.05, 4.69) is 242 Å². The Hall–Kier alpha value is -5.34. The van der Waals surface area contributed by atoms with Crippen molar-refractivity contribution in [2.75, 3.05) is 0 Å². The Balaban J connectivity index is 0.000000144. The molecule has 0 amide bonds. The fourth-order valence-corrected chi connectivity index (χ4v) is 11.1. The maximum absolute atomic E-state index is 4.93. The summed E-state index contributed by atoms with van der Waals surface area (Å²) in [5.41, 5.74) is 19.2. The fraction of sp³-hybridized carbons (Fsp3) is 0.182. The summed E-state index contributed by atoms with van der Waals surface area (Å²) < 4.78 is 0. The molecule has 0 N–H and O–H groups in total. The summed E-state index contributed by atoms with van der Waals surface area (Å²) in [7, 11) is 10.7. The van der Waals surface area contributed by atoms with Crippen LogP contribution in [0.25, 0.3) is 77.2 Å². The second kappa shape index (κ2) is 24.7. The van der Waals surface area contributed by atoms with Crippen LogP contribution in [0.1, 0.15) is 88.5 Å². The van der Waals surface area contributed by atoms with E-state index in [1.807, 2.05) is 6.07 Å². The molecule has 0 nitrogen and oxygen atoms in total. The molecule has 0 fully saturated rings. The molecule has 0 bridgehead atoms. The summed E-state index contributed by atoms with van der Waals surface area (Å²) in [5, 5.41) is 8.33. The van der Waals surface area contributed by atoms with Crippen molar-refractivity contribution in [3.63, 3.8) is 0 Å². The molecule has 0 aromatic heterocycles. The van der Waals surface area contributed by atoms with E-state index in [0.717, 1.165) is 35.2 Å². The van der Waals surface area contributed by atoms with Gasteiger partial charge in [0.1, 0.15) is 0 Å². The van der Waals surface area contributed by atoms with E-state index in [-0.39, 0.29) is 0 Å². The standard InChI is InChI=1S/2C27H27.C12H7Si.2ClH.Zr/c2*1-4-10-21-15-16-22-17-23(19(2)3)18-26(22)27(21)25-14-9-8-13-24(25)20-11-6-5-7-12-20;1-3-7-11-9(5-1)10-6-2-4-8-12(10)13-11;;;/h2*5-9,11-19H,4,10H2,1-3H3;1-7H;2*1H;/q3*-1;;;+2/p-2. The zero-order chi connectivity index (χ0) is 49.0. The average molecular weight is 1040 g/mol. The van der Waals surface area contributed by atoms with Crippen molar-refractivity contribution >= 4 is 58.5 Å². The molecular weight excluding hydrogens is 983 g/mol. The van der Waals surface area contributed by atoms with Crippen LogP contribution in [0, 0.1) is 6.07 Å². The third-order valence-electron chi connectivity index (χ3n) is 13.3. The van der Waals surface area contributed by atoms with Crippen molar-refractivity contribution in [1.29, 1.82) is 0 Å². The summed E-state index contributed by atoms with van der Waals surface area (Å²) in [6.07, 6.45) is 4.53. The number of hydrogen-bond acceptors (Lipinski definition) is 0. The summed E-state index contributed by atoms with van der Waals surface area (Å²) in [6.45, 7) is 13.6. The Bertz CT molecular complexity index is 3050. The molecule has 1 heterocycles.